The van der Waals surface area contributed by atoms with E-state index in [2.05, 4.69) is 5.92 Å². The second-order valence-corrected chi connectivity index (χ2v) is 3.62. The van der Waals surface area contributed by atoms with Crippen LogP contribution < -0.4 is 4.74 Å². The van der Waals surface area contributed by atoms with Crippen LogP contribution in [0.3, 0.4) is 0 Å². The third-order valence-corrected chi connectivity index (χ3v) is 2.56. The number of hydrogen-bond donors (Lipinski definition) is 1. The molecule has 0 spiro atoms. The predicted octanol–water partition coefficient (Wildman–Crippen LogP) is 2.32. The molecule has 0 atom stereocenters. The summed E-state index contributed by atoms with van der Waals surface area (Å²) in [5.74, 6) is 2.15. The maximum atomic E-state index is 11.0. The van der Waals surface area contributed by atoms with Gasteiger partial charge in [0, 0.05) is 0 Å². The first-order valence-electron chi connectivity index (χ1n) is 4.89. The van der Waals surface area contributed by atoms with Gasteiger partial charge in [-0.2, -0.15) is 0 Å². The molecule has 0 aliphatic carbocycles. The smallest absolute Gasteiger partial charge is 0.335 e. The molecular formula is C13H14O3. The topological polar surface area (TPSA) is 46.5 Å². The summed E-state index contributed by atoms with van der Waals surface area (Å²) >= 11 is 0. The van der Waals surface area contributed by atoms with E-state index in [1.54, 1.807) is 13.0 Å². The van der Waals surface area contributed by atoms with Gasteiger partial charge in [0.15, 0.2) is 0 Å². The minimum absolute atomic E-state index is 0.188. The maximum absolute atomic E-state index is 11.0. The zero-order valence-corrected chi connectivity index (χ0v) is 9.63. The van der Waals surface area contributed by atoms with Crippen LogP contribution in [0.4, 0.5) is 0 Å². The van der Waals surface area contributed by atoms with Crippen molar-refractivity contribution in [3.63, 3.8) is 0 Å². The second-order valence-electron chi connectivity index (χ2n) is 3.62. The van der Waals surface area contributed by atoms with Crippen LogP contribution in [0, 0.1) is 33.1 Å². The molecule has 0 radical (unpaired) electrons. The fraction of sp³-hybridized carbons (Fsp3) is 0.308. The van der Waals surface area contributed by atoms with Crippen LogP contribution >= 0.6 is 0 Å². The Hall–Kier alpha value is -1.95. The summed E-state index contributed by atoms with van der Waals surface area (Å²) in [6, 6.07) is 1.61. The Bertz CT molecular complexity index is 467. The van der Waals surface area contributed by atoms with Gasteiger partial charge in [0.25, 0.3) is 0 Å². The van der Waals surface area contributed by atoms with Crippen molar-refractivity contribution in [3.05, 3.63) is 28.3 Å². The van der Waals surface area contributed by atoms with Crippen molar-refractivity contribution in [2.45, 2.75) is 20.8 Å². The first kappa shape index (κ1) is 12.1. The summed E-state index contributed by atoms with van der Waals surface area (Å²) in [7, 11) is 0. The summed E-state index contributed by atoms with van der Waals surface area (Å²) in [6.07, 6.45) is 5.12. The standard InChI is InChI=1S/C13H14O3/c1-5-6-16-12-8(2)7-11(13(14)15)9(3)10(12)4/h1,7H,6H2,2-4H3,(H,14,15). The van der Waals surface area contributed by atoms with Crippen molar-refractivity contribution >= 4 is 5.97 Å². The van der Waals surface area contributed by atoms with E-state index in [9.17, 15) is 4.79 Å². The Morgan fingerprint density at radius 1 is 1.44 bits per heavy atom. The van der Waals surface area contributed by atoms with E-state index < -0.39 is 5.97 Å². The van der Waals surface area contributed by atoms with E-state index in [4.69, 9.17) is 16.3 Å². The lowest BCUT2D eigenvalue weighted by Gasteiger charge is -2.14. The average Bonchev–Trinajstić information content (AvgIpc) is 2.23. The maximum Gasteiger partial charge on any atom is 0.335 e. The molecule has 0 heterocycles. The Labute approximate surface area is 95.1 Å². The van der Waals surface area contributed by atoms with Gasteiger partial charge in [0.2, 0.25) is 0 Å². The van der Waals surface area contributed by atoms with Gasteiger partial charge in [-0.3, -0.25) is 0 Å². The molecule has 1 rings (SSSR count). The molecule has 0 fully saturated rings. The molecule has 1 N–H and O–H groups in total. The predicted molar refractivity (Wildman–Crippen MR) is 61.9 cm³/mol. The molecule has 0 saturated carbocycles. The molecule has 0 saturated heterocycles. The third-order valence-electron chi connectivity index (χ3n) is 2.56. The first-order valence-corrected chi connectivity index (χ1v) is 4.89. The number of rotatable bonds is 3. The number of benzene rings is 1. The molecule has 0 unspecified atom stereocenters. The van der Waals surface area contributed by atoms with Gasteiger partial charge in [-0.15, -0.1) is 6.42 Å². The van der Waals surface area contributed by atoms with Gasteiger partial charge >= 0.3 is 5.97 Å². The largest absolute Gasteiger partial charge is 0.480 e. The fourth-order valence-corrected chi connectivity index (χ4v) is 1.62. The highest BCUT2D eigenvalue weighted by molar-refractivity contribution is 5.90. The highest BCUT2D eigenvalue weighted by Crippen LogP contribution is 2.28. The van der Waals surface area contributed by atoms with Gasteiger partial charge in [-0.05, 0) is 43.5 Å². The quantitative estimate of drug-likeness (QED) is 0.792. The molecule has 0 aliphatic heterocycles. The summed E-state index contributed by atoms with van der Waals surface area (Å²) < 4.78 is 5.40. The summed E-state index contributed by atoms with van der Waals surface area (Å²) in [5, 5.41) is 9.01. The number of carboxylic acid groups (broad SMARTS) is 1. The van der Waals surface area contributed by atoms with Crippen LogP contribution in [-0.4, -0.2) is 17.7 Å². The molecule has 0 aromatic heterocycles. The number of ether oxygens (including phenoxy) is 1. The molecule has 1 aromatic rings. The Morgan fingerprint density at radius 2 is 2.06 bits per heavy atom. The van der Waals surface area contributed by atoms with E-state index in [1.165, 1.54) is 0 Å². The molecule has 1 aromatic carbocycles. The lowest BCUT2D eigenvalue weighted by atomic mass is 9.99. The zero-order valence-electron chi connectivity index (χ0n) is 9.63. The highest BCUT2D eigenvalue weighted by atomic mass is 16.5. The van der Waals surface area contributed by atoms with Crippen LogP contribution in [0.25, 0.3) is 0 Å². The number of hydrogen-bond acceptors (Lipinski definition) is 2. The lowest BCUT2D eigenvalue weighted by Crippen LogP contribution is -2.06. The van der Waals surface area contributed by atoms with E-state index in [0.29, 0.717) is 16.9 Å². The first-order chi connectivity index (χ1) is 7.49. The average molecular weight is 218 g/mol. The van der Waals surface area contributed by atoms with Crippen LogP contribution in [0.15, 0.2) is 6.07 Å². The van der Waals surface area contributed by atoms with Crippen molar-refractivity contribution in [1.82, 2.24) is 0 Å². The van der Waals surface area contributed by atoms with E-state index in [1.807, 2.05) is 13.8 Å². The molecule has 3 nitrogen and oxygen atoms in total. The van der Waals surface area contributed by atoms with E-state index in [-0.39, 0.29) is 6.61 Å². The summed E-state index contributed by atoms with van der Waals surface area (Å²) in [6.45, 7) is 5.60. The van der Waals surface area contributed by atoms with Crippen molar-refractivity contribution in [2.24, 2.45) is 0 Å². The van der Waals surface area contributed by atoms with Gasteiger partial charge in [0.1, 0.15) is 12.4 Å². The van der Waals surface area contributed by atoms with Crippen LogP contribution in [0.5, 0.6) is 5.75 Å². The van der Waals surface area contributed by atoms with Gasteiger partial charge < -0.3 is 9.84 Å². The molecular weight excluding hydrogens is 204 g/mol. The molecule has 84 valence electrons. The minimum Gasteiger partial charge on any atom is -0.480 e. The zero-order chi connectivity index (χ0) is 12.3. The van der Waals surface area contributed by atoms with Crippen molar-refractivity contribution in [2.75, 3.05) is 6.61 Å². The number of aromatic carboxylic acids is 1. The van der Waals surface area contributed by atoms with Crippen LogP contribution in [0.1, 0.15) is 27.0 Å². The van der Waals surface area contributed by atoms with Gasteiger partial charge in [0.05, 0.1) is 5.56 Å². The van der Waals surface area contributed by atoms with E-state index >= 15 is 0 Å². The normalized spacial score (nSPS) is 9.62. The highest BCUT2D eigenvalue weighted by Gasteiger charge is 2.15. The van der Waals surface area contributed by atoms with Gasteiger partial charge in [-0.25, -0.2) is 4.79 Å². The SMILES string of the molecule is C#CCOc1c(C)cc(C(=O)O)c(C)c1C. The van der Waals surface area contributed by atoms with Gasteiger partial charge in [-0.1, -0.05) is 5.92 Å². The third kappa shape index (κ3) is 2.17. The number of aryl methyl sites for hydroxylation is 1. The fourth-order valence-electron chi connectivity index (χ4n) is 1.62. The molecule has 0 aliphatic rings. The summed E-state index contributed by atoms with van der Waals surface area (Å²) in [5.41, 5.74) is 2.64. The molecule has 3 heteroatoms. The van der Waals surface area contributed by atoms with E-state index in [0.717, 1.165) is 11.1 Å². The Morgan fingerprint density at radius 3 is 2.56 bits per heavy atom. The number of carbonyl (C=O) groups is 1. The van der Waals surface area contributed by atoms with Crippen molar-refractivity contribution < 1.29 is 14.6 Å². The molecule has 0 amide bonds. The second kappa shape index (κ2) is 4.71. The molecule has 0 bridgehead atoms. The van der Waals surface area contributed by atoms with Crippen molar-refractivity contribution in [1.29, 1.82) is 0 Å². The Balaban J connectivity index is 3.29. The van der Waals surface area contributed by atoms with Crippen LogP contribution in [-0.2, 0) is 0 Å². The lowest BCUT2D eigenvalue weighted by molar-refractivity contribution is 0.0696. The minimum atomic E-state index is -0.924. The van der Waals surface area contributed by atoms with Crippen molar-refractivity contribution in [3.8, 4) is 18.1 Å². The number of carboxylic acids is 1. The monoisotopic (exact) mass is 218 g/mol. The summed E-state index contributed by atoms with van der Waals surface area (Å²) in [4.78, 5) is 11.0. The Kier molecular flexibility index (Phi) is 3.57. The molecule has 16 heavy (non-hydrogen) atoms. The number of terminal acetylenes is 1. The van der Waals surface area contributed by atoms with Crippen LogP contribution in [0.2, 0.25) is 0 Å².